The molecule has 0 radical (unpaired) electrons. The molecule has 1 aliphatic heterocycles. The summed E-state index contributed by atoms with van der Waals surface area (Å²) in [5.74, 6) is -1.28. The molecule has 4 atom stereocenters. The van der Waals surface area contributed by atoms with Gasteiger partial charge in [0.2, 0.25) is 0 Å². The lowest BCUT2D eigenvalue weighted by Gasteiger charge is -2.50. The molecule has 0 aromatic carbocycles. The fraction of sp³-hybridized carbons (Fsp3) is 0.720. The SMILES string of the molecule is C=C(/C=C\C1=C(/C)C2(C)C(C(CC)N(C)C(=O)C(F)(F)F)CCC2(C)CCNCC1)OC. The van der Waals surface area contributed by atoms with Gasteiger partial charge < -0.3 is 15.0 Å². The van der Waals surface area contributed by atoms with Crippen molar-refractivity contribution in [1.82, 2.24) is 10.2 Å². The average Bonchev–Trinajstić information content (AvgIpc) is 3.01. The zero-order chi connectivity index (χ0) is 24.3. The second-order valence-corrected chi connectivity index (χ2v) is 9.70. The molecule has 2 aliphatic rings. The van der Waals surface area contributed by atoms with Gasteiger partial charge >= 0.3 is 12.1 Å². The van der Waals surface area contributed by atoms with Crippen LogP contribution in [0.5, 0.6) is 0 Å². The molecular formula is C25H39F3N2O2. The molecule has 0 saturated heterocycles. The summed E-state index contributed by atoms with van der Waals surface area (Å²) < 4.78 is 45.0. The number of allylic oxidation sites excluding steroid dienone is 3. The molecular weight excluding hydrogens is 417 g/mol. The van der Waals surface area contributed by atoms with E-state index in [2.05, 4.69) is 32.7 Å². The number of alkyl halides is 3. The summed E-state index contributed by atoms with van der Waals surface area (Å²) in [6.07, 6.45) is 2.94. The minimum Gasteiger partial charge on any atom is -0.497 e. The Balaban J connectivity index is 2.60. The number of carbonyl (C=O) groups excluding carboxylic acids is 1. The molecule has 1 aliphatic carbocycles. The third-order valence-corrected chi connectivity index (χ3v) is 8.36. The minimum atomic E-state index is -4.87. The molecule has 32 heavy (non-hydrogen) atoms. The van der Waals surface area contributed by atoms with E-state index in [-0.39, 0.29) is 16.7 Å². The molecule has 1 saturated carbocycles. The maximum Gasteiger partial charge on any atom is 0.471 e. The van der Waals surface area contributed by atoms with Crippen LogP contribution >= 0.6 is 0 Å². The molecule has 0 aromatic heterocycles. The Hall–Kier alpha value is -1.76. The summed E-state index contributed by atoms with van der Waals surface area (Å²) in [6.45, 7) is 14.0. The van der Waals surface area contributed by atoms with Gasteiger partial charge in [-0.1, -0.05) is 39.0 Å². The second-order valence-electron chi connectivity index (χ2n) is 9.70. The van der Waals surface area contributed by atoms with Crippen molar-refractivity contribution in [3.8, 4) is 0 Å². The van der Waals surface area contributed by atoms with Crippen LogP contribution in [0.1, 0.15) is 59.8 Å². The summed E-state index contributed by atoms with van der Waals surface area (Å²) >= 11 is 0. The maximum atomic E-state index is 13.3. The number of hydrogen-bond acceptors (Lipinski definition) is 3. The first kappa shape index (κ1) is 26.5. The van der Waals surface area contributed by atoms with Gasteiger partial charge in [-0.3, -0.25) is 4.79 Å². The number of rotatable bonds is 6. The number of fused-ring (bicyclic) bond motifs is 1. The lowest BCUT2D eigenvalue weighted by Crippen LogP contribution is -2.52. The largest absolute Gasteiger partial charge is 0.497 e. The molecule has 1 heterocycles. The van der Waals surface area contributed by atoms with Crippen LogP contribution in [0.4, 0.5) is 13.2 Å². The Kier molecular flexibility index (Phi) is 8.30. The summed E-state index contributed by atoms with van der Waals surface area (Å²) in [6, 6.07) is -0.487. The number of halogens is 3. The van der Waals surface area contributed by atoms with E-state index >= 15 is 0 Å². The first-order valence-electron chi connectivity index (χ1n) is 11.5. The zero-order valence-corrected chi connectivity index (χ0v) is 20.4. The normalized spacial score (nSPS) is 32.6. The van der Waals surface area contributed by atoms with Gasteiger partial charge in [-0.05, 0) is 80.5 Å². The molecule has 1 N–H and O–H groups in total. The molecule has 0 bridgehead atoms. The topological polar surface area (TPSA) is 41.6 Å². The Bertz CT molecular complexity index is 774. The van der Waals surface area contributed by atoms with Gasteiger partial charge in [0, 0.05) is 13.1 Å². The molecule has 1 fully saturated rings. The van der Waals surface area contributed by atoms with Crippen molar-refractivity contribution < 1.29 is 22.7 Å². The molecule has 182 valence electrons. The lowest BCUT2D eigenvalue weighted by atomic mass is 9.57. The van der Waals surface area contributed by atoms with Crippen LogP contribution in [0, 0.1) is 16.7 Å². The lowest BCUT2D eigenvalue weighted by molar-refractivity contribution is -0.188. The van der Waals surface area contributed by atoms with Gasteiger partial charge in [-0.25, -0.2) is 0 Å². The molecule has 7 heteroatoms. The number of amides is 1. The highest BCUT2D eigenvalue weighted by Crippen LogP contribution is 2.64. The van der Waals surface area contributed by atoms with Crippen LogP contribution in [-0.4, -0.2) is 50.3 Å². The number of hydrogen-bond donors (Lipinski definition) is 1. The molecule has 0 spiro atoms. The fourth-order valence-electron chi connectivity index (χ4n) is 6.04. The van der Waals surface area contributed by atoms with Crippen molar-refractivity contribution >= 4 is 5.91 Å². The predicted molar refractivity (Wildman–Crippen MR) is 122 cm³/mol. The van der Waals surface area contributed by atoms with Gasteiger partial charge in [0.05, 0.1) is 7.11 Å². The van der Waals surface area contributed by atoms with Gasteiger partial charge in [0.15, 0.2) is 0 Å². The van der Waals surface area contributed by atoms with Crippen LogP contribution in [0.25, 0.3) is 0 Å². The van der Waals surface area contributed by atoms with E-state index in [0.29, 0.717) is 12.2 Å². The molecule has 1 amide bonds. The van der Waals surface area contributed by atoms with Crippen molar-refractivity contribution in [1.29, 1.82) is 0 Å². The Labute approximate surface area is 190 Å². The highest BCUT2D eigenvalue weighted by Gasteiger charge is 2.58. The van der Waals surface area contributed by atoms with E-state index in [9.17, 15) is 18.0 Å². The first-order chi connectivity index (χ1) is 14.8. The molecule has 4 nitrogen and oxygen atoms in total. The van der Waals surface area contributed by atoms with E-state index in [1.54, 1.807) is 7.11 Å². The van der Waals surface area contributed by atoms with Crippen molar-refractivity contribution in [2.45, 2.75) is 72.0 Å². The van der Waals surface area contributed by atoms with Crippen molar-refractivity contribution in [2.24, 2.45) is 16.7 Å². The minimum absolute atomic E-state index is 0.0686. The van der Waals surface area contributed by atoms with Crippen LogP contribution in [0.15, 0.2) is 35.6 Å². The standard InChI is InChI=1S/C25H39F3N2O2/c1-8-21(30(6)22(31)25(26,27)28)20-11-13-23(4)14-16-29-15-12-19(10-9-17(2)32-7)18(3)24(20,23)5/h9-10,20-21,29H,2,8,11-16H2,1,3-7H3/b10-9-,19-18-. The fourth-order valence-corrected chi connectivity index (χ4v) is 6.04. The van der Waals surface area contributed by atoms with Crippen molar-refractivity contribution in [3.63, 3.8) is 0 Å². The number of nitrogens with one attached hydrogen (secondary N) is 1. The smallest absolute Gasteiger partial charge is 0.471 e. The van der Waals surface area contributed by atoms with Crippen LogP contribution in [-0.2, 0) is 9.53 Å². The number of ether oxygens (including phenoxy) is 1. The van der Waals surface area contributed by atoms with E-state index in [4.69, 9.17) is 4.74 Å². The second kappa shape index (κ2) is 10.0. The van der Waals surface area contributed by atoms with E-state index in [0.717, 1.165) is 49.2 Å². The highest BCUT2D eigenvalue weighted by atomic mass is 19.4. The predicted octanol–water partition coefficient (Wildman–Crippen LogP) is 5.62. The van der Waals surface area contributed by atoms with Crippen molar-refractivity contribution in [2.75, 3.05) is 27.2 Å². The van der Waals surface area contributed by atoms with Crippen LogP contribution in [0.2, 0.25) is 0 Å². The monoisotopic (exact) mass is 456 g/mol. The first-order valence-corrected chi connectivity index (χ1v) is 11.5. The summed E-state index contributed by atoms with van der Waals surface area (Å²) in [7, 11) is 2.88. The molecule has 4 unspecified atom stereocenters. The Morgan fingerprint density at radius 2 is 2.00 bits per heavy atom. The third kappa shape index (κ3) is 4.92. The van der Waals surface area contributed by atoms with Gasteiger partial charge in [-0.15, -0.1) is 0 Å². The maximum absolute atomic E-state index is 13.3. The number of methoxy groups -OCH3 is 1. The summed E-state index contributed by atoms with van der Waals surface area (Å²) in [4.78, 5) is 13.1. The zero-order valence-electron chi connectivity index (χ0n) is 20.4. The number of nitrogens with zero attached hydrogens (tertiary/aromatic N) is 1. The molecule has 2 rings (SSSR count). The highest BCUT2D eigenvalue weighted by molar-refractivity contribution is 5.82. The summed E-state index contributed by atoms with van der Waals surface area (Å²) in [5.41, 5.74) is 1.90. The Morgan fingerprint density at radius 1 is 1.34 bits per heavy atom. The van der Waals surface area contributed by atoms with Crippen molar-refractivity contribution in [3.05, 3.63) is 35.6 Å². The van der Waals surface area contributed by atoms with E-state index in [1.165, 1.54) is 12.6 Å². The van der Waals surface area contributed by atoms with Crippen LogP contribution in [0.3, 0.4) is 0 Å². The van der Waals surface area contributed by atoms with Gasteiger partial charge in [0.1, 0.15) is 5.76 Å². The average molecular weight is 457 g/mol. The van der Waals surface area contributed by atoms with Gasteiger partial charge in [-0.2, -0.15) is 13.2 Å². The third-order valence-electron chi connectivity index (χ3n) is 8.36. The molecule has 0 aromatic rings. The van der Waals surface area contributed by atoms with Crippen LogP contribution < -0.4 is 5.32 Å². The van der Waals surface area contributed by atoms with E-state index < -0.39 is 18.1 Å². The Morgan fingerprint density at radius 3 is 2.56 bits per heavy atom. The van der Waals surface area contributed by atoms with Gasteiger partial charge in [0.25, 0.3) is 0 Å². The quantitative estimate of drug-likeness (QED) is 0.416. The summed E-state index contributed by atoms with van der Waals surface area (Å²) in [5, 5.41) is 3.52. The van der Waals surface area contributed by atoms with E-state index in [1.807, 2.05) is 19.1 Å². The number of carbonyl (C=O) groups is 1.